The molecule has 0 aromatic rings. The van der Waals surface area contributed by atoms with Crippen LogP contribution in [0.5, 0.6) is 0 Å². The van der Waals surface area contributed by atoms with Crippen molar-refractivity contribution < 1.29 is 14.7 Å². The fourth-order valence-corrected chi connectivity index (χ4v) is 1.80. The van der Waals surface area contributed by atoms with Gasteiger partial charge in [0.2, 0.25) is 0 Å². The van der Waals surface area contributed by atoms with Gasteiger partial charge in [0.1, 0.15) is 0 Å². The van der Waals surface area contributed by atoms with Crippen molar-refractivity contribution in [3.8, 4) is 0 Å². The molecule has 0 amide bonds. The lowest BCUT2D eigenvalue weighted by atomic mass is 10.2. The van der Waals surface area contributed by atoms with Crippen molar-refractivity contribution in [1.29, 1.82) is 0 Å². The van der Waals surface area contributed by atoms with Crippen LogP contribution in [0.4, 0.5) is 0 Å². The summed E-state index contributed by atoms with van der Waals surface area (Å²) < 4.78 is 0. The maximum absolute atomic E-state index is 11.6. The maximum atomic E-state index is 11.6. The van der Waals surface area contributed by atoms with Gasteiger partial charge in [-0.2, -0.15) is 0 Å². The summed E-state index contributed by atoms with van der Waals surface area (Å²) in [5.74, 6) is -0.667. The Hall–Kier alpha value is -2.42. The molecule has 0 radical (unpaired) electrons. The molecule has 0 aliphatic heterocycles. The number of hydrogen-bond acceptors (Lipinski definition) is 2. The normalized spacial score (nSPS) is 12.8. The minimum absolute atomic E-state index is 0.0995. The van der Waals surface area contributed by atoms with Gasteiger partial charge >= 0.3 is 5.97 Å². The topological polar surface area (TPSA) is 54.4 Å². The molecule has 0 aromatic heterocycles. The second-order valence-electron chi connectivity index (χ2n) is 5.39. The van der Waals surface area contributed by atoms with Crippen molar-refractivity contribution in [2.75, 3.05) is 0 Å². The molecule has 0 aliphatic rings. The zero-order valence-electron chi connectivity index (χ0n) is 15.1. The van der Waals surface area contributed by atoms with Crippen LogP contribution in [0.2, 0.25) is 0 Å². The SMILES string of the molecule is CCC=CCC=CCC(=O)C=CC=CCC=CCC=CCCC(=O)O. The van der Waals surface area contributed by atoms with Gasteiger partial charge in [0.25, 0.3) is 0 Å². The number of carbonyl (C=O) groups is 2. The molecule has 0 aliphatic carbocycles. The molecule has 0 saturated heterocycles. The van der Waals surface area contributed by atoms with Crippen LogP contribution >= 0.6 is 0 Å². The molecule has 3 nitrogen and oxygen atoms in total. The number of carboxylic acids is 1. The highest BCUT2D eigenvalue weighted by Crippen LogP contribution is 1.96. The van der Waals surface area contributed by atoms with Crippen LogP contribution in [-0.4, -0.2) is 16.9 Å². The van der Waals surface area contributed by atoms with E-state index in [0.717, 1.165) is 25.7 Å². The smallest absolute Gasteiger partial charge is 0.303 e. The lowest BCUT2D eigenvalue weighted by Crippen LogP contribution is -1.91. The van der Waals surface area contributed by atoms with Crippen LogP contribution in [0.25, 0.3) is 0 Å². The van der Waals surface area contributed by atoms with Gasteiger partial charge in [-0.1, -0.05) is 73.8 Å². The highest BCUT2D eigenvalue weighted by molar-refractivity contribution is 5.90. The van der Waals surface area contributed by atoms with Crippen molar-refractivity contribution in [3.05, 3.63) is 72.9 Å². The van der Waals surface area contributed by atoms with E-state index < -0.39 is 5.97 Å². The molecular weight excluding hydrogens is 312 g/mol. The van der Waals surface area contributed by atoms with Gasteiger partial charge in [0.05, 0.1) is 0 Å². The maximum Gasteiger partial charge on any atom is 0.303 e. The molecular formula is C22H30O3. The molecule has 0 bridgehead atoms. The number of aliphatic carboxylic acids is 1. The lowest BCUT2D eigenvalue weighted by Gasteiger charge is -1.87. The largest absolute Gasteiger partial charge is 0.481 e. The minimum atomic E-state index is -0.767. The van der Waals surface area contributed by atoms with E-state index in [1.165, 1.54) is 0 Å². The Bertz CT molecular complexity index is 531. The molecule has 3 heteroatoms. The molecule has 0 fully saturated rings. The Balaban J connectivity index is 3.73. The third-order valence-electron chi connectivity index (χ3n) is 3.09. The molecule has 0 rings (SSSR count). The Morgan fingerprint density at radius 1 is 0.760 bits per heavy atom. The molecule has 136 valence electrons. The predicted molar refractivity (Wildman–Crippen MR) is 105 cm³/mol. The Kier molecular flexibility index (Phi) is 16.2. The third-order valence-corrected chi connectivity index (χ3v) is 3.09. The zero-order chi connectivity index (χ0) is 18.6. The summed E-state index contributed by atoms with van der Waals surface area (Å²) in [5, 5.41) is 8.49. The van der Waals surface area contributed by atoms with Crippen LogP contribution in [0.15, 0.2) is 72.9 Å². The van der Waals surface area contributed by atoms with E-state index in [9.17, 15) is 9.59 Å². The quantitative estimate of drug-likeness (QED) is 0.249. The van der Waals surface area contributed by atoms with E-state index in [-0.39, 0.29) is 12.2 Å². The van der Waals surface area contributed by atoms with E-state index in [4.69, 9.17) is 5.11 Å². The van der Waals surface area contributed by atoms with Crippen LogP contribution in [-0.2, 0) is 9.59 Å². The number of ketones is 1. The molecule has 0 spiro atoms. The summed E-state index contributed by atoms with van der Waals surface area (Å²) in [7, 11) is 0. The molecule has 0 atom stereocenters. The lowest BCUT2D eigenvalue weighted by molar-refractivity contribution is -0.136. The van der Waals surface area contributed by atoms with Crippen molar-refractivity contribution in [3.63, 3.8) is 0 Å². The van der Waals surface area contributed by atoms with Crippen LogP contribution < -0.4 is 0 Å². The Morgan fingerprint density at radius 3 is 2.04 bits per heavy atom. The standard InChI is InChI=1S/C22H30O3/c1-2-3-4-5-12-15-18-21(23)19-16-13-10-8-6-7-9-11-14-17-20-22(24)25/h3-4,6-7,10-16,19H,2,5,8-9,17-18,20H2,1H3,(H,24,25). The van der Waals surface area contributed by atoms with Crippen molar-refractivity contribution in [2.45, 2.75) is 51.9 Å². The average molecular weight is 342 g/mol. The van der Waals surface area contributed by atoms with Gasteiger partial charge in [-0.05, 0) is 38.2 Å². The molecule has 0 unspecified atom stereocenters. The summed E-state index contributed by atoms with van der Waals surface area (Å²) in [6, 6.07) is 0. The Labute approximate surface area is 151 Å². The minimum Gasteiger partial charge on any atom is -0.481 e. The molecule has 1 N–H and O–H groups in total. The fraction of sp³-hybridized carbons (Fsp3) is 0.364. The monoisotopic (exact) mass is 342 g/mol. The molecule has 0 saturated carbocycles. The van der Waals surface area contributed by atoms with Crippen LogP contribution in [0.1, 0.15) is 51.9 Å². The van der Waals surface area contributed by atoms with Crippen molar-refractivity contribution in [1.82, 2.24) is 0 Å². The summed E-state index contributed by atoms with van der Waals surface area (Å²) in [5.41, 5.74) is 0. The van der Waals surface area contributed by atoms with Crippen LogP contribution in [0, 0.1) is 0 Å². The van der Waals surface area contributed by atoms with E-state index in [0.29, 0.717) is 12.8 Å². The van der Waals surface area contributed by atoms with E-state index in [1.54, 1.807) is 12.2 Å². The van der Waals surface area contributed by atoms with Gasteiger partial charge in [-0.25, -0.2) is 0 Å². The second-order valence-corrected chi connectivity index (χ2v) is 5.39. The first-order valence-corrected chi connectivity index (χ1v) is 8.84. The van der Waals surface area contributed by atoms with Gasteiger partial charge < -0.3 is 5.11 Å². The van der Waals surface area contributed by atoms with E-state index in [1.807, 2.05) is 48.6 Å². The van der Waals surface area contributed by atoms with E-state index in [2.05, 4.69) is 19.1 Å². The highest BCUT2D eigenvalue weighted by Gasteiger charge is 1.91. The van der Waals surface area contributed by atoms with Gasteiger partial charge in [-0.15, -0.1) is 0 Å². The fourth-order valence-electron chi connectivity index (χ4n) is 1.80. The number of hydrogen-bond donors (Lipinski definition) is 1. The van der Waals surface area contributed by atoms with Crippen molar-refractivity contribution >= 4 is 11.8 Å². The van der Waals surface area contributed by atoms with E-state index >= 15 is 0 Å². The Morgan fingerprint density at radius 2 is 1.36 bits per heavy atom. The number of carbonyl (C=O) groups excluding carboxylic acids is 1. The first-order chi connectivity index (χ1) is 12.2. The number of allylic oxidation sites excluding steroid dienone is 12. The summed E-state index contributed by atoms with van der Waals surface area (Å²) in [6.45, 7) is 2.10. The summed E-state index contributed by atoms with van der Waals surface area (Å²) >= 11 is 0. The first kappa shape index (κ1) is 22.6. The first-order valence-electron chi connectivity index (χ1n) is 8.84. The van der Waals surface area contributed by atoms with Gasteiger partial charge in [0, 0.05) is 12.8 Å². The highest BCUT2D eigenvalue weighted by atomic mass is 16.4. The number of rotatable bonds is 14. The summed E-state index contributed by atoms with van der Waals surface area (Å²) in [4.78, 5) is 21.9. The van der Waals surface area contributed by atoms with Gasteiger partial charge in [-0.3, -0.25) is 9.59 Å². The third kappa shape index (κ3) is 19.5. The second kappa shape index (κ2) is 17.9. The van der Waals surface area contributed by atoms with Crippen molar-refractivity contribution in [2.24, 2.45) is 0 Å². The average Bonchev–Trinajstić information content (AvgIpc) is 2.58. The molecule has 0 aromatic carbocycles. The predicted octanol–water partition coefficient (Wildman–Crippen LogP) is 5.73. The zero-order valence-corrected chi connectivity index (χ0v) is 15.1. The summed E-state index contributed by atoms with van der Waals surface area (Å²) in [6.07, 6.45) is 28.0. The number of carboxylic acid groups (broad SMARTS) is 1. The molecule has 0 heterocycles. The van der Waals surface area contributed by atoms with Crippen LogP contribution in [0.3, 0.4) is 0 Å². The molecule has 25 heavy (non-hydrogen) atoms. The van der Waals surface area contributed by atoms with Gasteiger partial charge in [0.15, 0.2) is 5.78 Å².